The van der Waals surface area contributed by atoms with Crippen LogP contribution in [0.25, 0.3) is 0 Å². The van der Waals surface area contributed by atoms with Crippen LogP contribution in [0.2, 0.25) is 0 Å². The van der Waals surface area contributed by atoms with Crippen molar-refractivity contribution in [1.29, 1.82) is 0 Å². The van der Waals surface area contributed by atoms with Crippen molar-refractivity contribution in [1.82, 2.24) is 5.32 Å². The van der Waals surface area contributed by atoms with Crippen LogP contribution in [0.1, 0.15) is 45.4 Å². The number of nitrogens with two attached hydrogens (primary N) is 5. The Bertz CT molecular complexity index is 452. The normalized spacial score (nSPS) is 14.8. The Morgan fingerprint density at radius 1 is 0.821 bits per heavy atom. The summed E-state index contributed by atoms with van der Waals surface area (Å²) in [5, 5.41) is 19.7. The zero-order valence-corrected chi connectivity index (χ0v) is 16.7. The lowest BCUT2D eigenvalue weighted by atomic mass is 10.00. The molecule has 4 atom stereocenters. The van der Waals surface area contributed by atoms with Gasteiger partial charge in [0.25, 0.3) is 0 Å². The van der Waals surface area contributed by atoms with Gasteiger partial charge in [-0.2, -0.15) is 0 Å². The molecule has 166 valence electrons. The number of carboxylic acids is 2. The number of hydrogen-bond acceptors (Lipinski definition) is 8. The third-order valence-electron chi connectivity index (χ3n) is 4.13. The molecule has 0 radical (unpaired) electrons. The minimum atomic E-state index is -0.997. The fourth-order valence-corrected chi connectivity index (χ4v) is 2.11. The van der Waals surface area contributed by atoms with E-state index in [9.17, 15) is 14.4 Å². The molecule has 0 bridgehead atoms. The number of carboxylic acid groups (broad SMARTS) is 2. The van der Waals surface area contributed by atoms with Crippen molar-refractivity contribution in [3.05, 3.63) is 0 Å². The zero-order chi connectivity index (χ0) is 22.1. The Hall–Kier alpha value is -1.79. The second kappa shape index (κ2) is 17.3. The Balaban J connectivity index is 0. The van der Waals surface area contributed by atoms with Crippen molar-refractivity contribution in [2.24, 2.45) is 34.6 Å². The summed E-state index contributed by atoms with van der Waals surface area (Å²) in [6.45, 7) is 3.28. The van der Waals surface area contributed by atoms with E-state index in [-0.39, 0.29) is 11.8 Å². The molecule has 0 aromatic heterocycles. The van der Waals surface area contributed by atoms with Crippen molar-refractivity contribution in [3.63, 3.8) is 0 Å². The molecule has 0 aliphatic carbocycles. The highest BCUT2D eigenvalue weighted by atomic mass is 16.4. The molecule has 0 aliphatic heterocycles. The molecule has 1 amide bonds. The molecule has 11 heteroatoms. The summed E-state index contributed by atoms with van der Waals surface area (Å²) in [7, 11) is 0. The van der Waals surface area contributed by atoms with E-state index in [1.54, 1.807) is 6.92 Å². The molecule has 13 N–H and O–H groups in total. The predicted molar refractivity (Wildman–Crippen MR) is 107 cm³/mol. The van der Waals surface area contributed by atoms with Crippen LogP contribution >= 0.6 is 0 Å². The number of unbranched alkanes of at least 4 members (excludes halogenated alkanes) is 1. The summed E-state index contributed by atoms with van der Waals surface area (Å²) in [5.41, 5.74) is 26.8. The zero-order valence-electron chi connectivity index (χ0n) is 16.7. The lowest BCUT2D eigenvalue weighted by molar-refractivity contribution is -0.140. The molecule has 0 fully saturated rings. The van der Waals surface area contributed by atoms with Crippen molar-refractivity contribution in [2.45, 2.75) is 63.6 Å². The van der Waals surface area contributed by atoms with Crippen LogP contribution in [-0.4, -0.2) is 65.8 Å². The topological polar surface area (TPSA) is 234 Å². The van der Waals surface area contributed by atoms with Gasteiger partial charge in [0.1, 0.15) is 12.1 Å². The lowest BCUT2D eigenvalue weighted by Crippen LogP contribution is -2.41. The van der Waals surface area contributed by atoms with E-state index < -0.39 is 30.1 Å². The van der Waals surface area contributed by atoms with Gasteiger partial charge in [0.05, 0.1) is 6.04 Å². The maximum absolute atomic E-state index is 11.5. The van der Waals surface area contributed by atoms with E-state index in [2.05, 4.69) is 5.32 Å². The molecule has 0 aliphatic rings. The summed E-state index contributed by atoms with van der Waals surface area (Å²) in [6.07, 6.45) is 3.72. The van der Waals surface area contributed by atoms with Crippen molar-refractivity contribution in [2.75, 3.05) is 19.6 Å². The third-order valence-corrected chi connectivity index (χ3v) is 4.13. The smallest absolute Gasteiger partial charge is 0.320 e. The van der Waals surface area contributed by atoms with Crippen molar-refractivity contribution < 1.29 is 24.6 Å². The molecule has 3 unspecified atom stereocenters. The van der Waals surface area contributed by atoms with E-state index >= 15 is 0 Å². The quantitative estimate of drug-likeness (QED) is 0.150. The van der Waals surface area contributed by atoms with Gasteiger partial charge in [-0.3, -0.25) is 14.4 Å². The van der Waals surface area contributed by atoms with Gasteiger partial charge in [0.2, 0.25) is 5.91 Å². The number of amides is 1. The fraction of sp³-hybridized carbons (Fsp3) is 0.824. The van der Waals surface area contributed by atoms with Crippen molar-refractivity contribution in [3.8, 4) is 0 Å². The van der Waals surface area contributed by atoms with Crippen LogP contribution in [-0.2, 0) is 14.4 Å². The number of hydrogen-bond donors (Lipinski definition) is 8. The summed E-state index contributed by atoms with van der Waals surface area (Å²) in [5.74, 6) is -2.18. The van der Waals surface area contributed by atoms with Gasteiger partial charge in [0, 0.05) is 6.54 Å². The molecule has 0 rings (SSSR count). The maximum atomic E-state index is 11.5. The first-order chi connectivity index (χ1) is 13.1. The Morgan fingerprint density at radius 3 is 1.86 bits per heavy atom. The molecule has 0 aromatic carbocycles. The Kier molecular flexibility index (Phi) is 17.6. The highest BCUT2D eigenvalue weighted by molar-refractivity contribution is 5.81. The van der Waals surface area contributed by atoms with Crippen LogP contribution in [0.5, 0.6) is 0 Å². The van der Waals surface area contributed by atoms with Gasteiger partial charge in [-0.25, -0.2) is 0 Å². The van der Waals surface area contributed by atoms with E-state index in [0.29, 0.717) is 51.7 Å². The lowest BCUT2D eigenvalue weighted by Gasteiger charge is -2.13. The first-order valence-corrected chi connectivity index (χ1v) is 9.48. The number of rotatable bonds is 14. The summed E-state index contributed by atoms with van der Waals surface area (Å²) >= 11 is 0. The summed E-state index contributed by atoms with van der Waals surface area (Å²) in [4.78, 5) is 32.1. The highest BCUT2D eigenvalue weighted by Crippen LogP contribution is 2.04. The van der Waals surface area contributed by atoms with Gasteiger partial charge in [-0.05, 0) is 57.5 Å². The molecular weight excluding hydrogens is 368 g/mol. The first-order valence-electron chi connectivity index (χ1n) is 9.48. The largest absolute Gasteiger partial charge is 0.480 e. The molecular formula is C17H38N6O5. The number of nitrogens with one attached hydrogen (secondary N) is 1. The second-order valence-electron chi connectivity index (χ2n) is 6.69. The molecule has 0 saturated heterocycles. The number of aliphatic carboxylic acids is 2. The van der Waals surface area contributed by atoms with Crippen LogP contribution in [0.3, 0.4) is 0 Å². The van der Waals surface area contributed by atoms with Crippen LogP contribution in [0.4, 0.5) is 0 Å². The maximum Gasteiger partial charge on any atom is 0.320 e. The SMILES string of the molecule is CC(CCN)C(N)C(=O)O.NCCCC(N)C(=O)NCCCC[C@H](N)C(=O)O. The average Bonchev–Trinajstić information content (AvgIpc) is 2.65. The van der Waals surface area contributed by atoms with Gasteiger partial charge in [-0.15, -0.1) is 0 Å². The molecule has 28 heavy (non-hydrogen) atoms. The molecule has 0 heterocycles. The van der Waals surface area contributed by atoms with Gasteiger partial charge in [-0.1, -0.05) is 6.92 Å². The average molecular weight is 407 g/mol. The van der Waals surface area contributed by atoms with Crippen LogP contribution in [0.15, 0.2) is 0 Å². The molecule has 11 nitrogen and oxygen atoms in total. The third kappa shape index (κ3) is 15.3. The van der Waals surface area contributed by atoms with E-state index in [4.69, 9.17) is 38.9 Å². The van der Waals surface area contributed by atoms with E-state index in [1.807, 2.05) is 0 Å². The van der Waals surface area contributed by atoms with E-state index in [0.717, 1.165) is 6.42 Å². The predicted octanol–water partition coefficient (Wildman–Crippen LogP) is -1.87. The minimum Gasteiger partial charge on any atom is -0.480 e. The van der Waals surface area contributed by atoms with Crippen LogP contribution < -0.4 is 34.0 Å². The van der Waals surface area contributed by atoms with Gasteiger partial charge in [0.15, 0.2) is 0 Å². The first kappa shape index (κ1) is 28.4. The number of carbonyl (C=O) groups excluding carboxylic acids is 1. The fourth-order valence-electron chi connectivity index (χ4n) is 2.11. The highest BCUT2D eigenvalue weighted by Gasteiger charge is 2.18. The van der Waals surface area contributed by atoms with Gasteiger partial charge < -0.3 is 44.2 Å². The molecule has 0 saturated carbocycles. The number of carbonyl (C=O) groups is 3. The van der Waals surface area contributed by atoms with Crippen LogP contribution in [0, 0.1) is 5.92 Å². The Labute approximate surface area is 166 Å². The van der Waals surface area contributed by atoms with Gasteiger partial charge >= 0.3 is 11.9 Å². The second-order valence-corrected chi connectivity index (χ2v) is 6.69. The standard InChI is InChI=1S/C11H24N4O3.C6H14N2O2/c12-6-3-5-8(13)10(16)15-7-2-1-4-9(14)11(17)18;1-4(2-3-7)5(8)6(9)10/h8-9H,1-7,12-14H2,(H,15,16)(H,17,18);4-5H,2-3,7-8H2,1H3,(H,9,10)/t8?,9-;/m0./s1. The summed E-state index contributed by atoms with van der Waals surface area (Å²) in [6, 6.07) is -2.12. The molecule has 0 aromatic rings. The minimum absolute atomic E-state index is 0.0394. The van der Waals surface area contributed by atoms with Crippen molar-refractivity contribution >= 4 is 17.8 Å². The molecule has 0 spiro atoms. The van der Waals surface area contributed by atoms with E-state index in [1.165, 1.54) is 0 Å². The summed E-state index contributed by atoms with van der Waals surface area (Å²) < 4.78 is 0. The Morgan fingerprint density at radius 2 is 1.39 bits per heavy atom. The monoisotopic (exact) mass is 406 g/mol.